The van der Waals surface area contributed by atoms with Gasteiger partial charge in [-0.05, 0) is 19.1 Å². The Labute approximate surface area is 111 Å². The monoisotopic (exact) mass is 266 g/mol. The normalized spacial score (nSPS) is 9.84. The summed E-state index contributed by atoms with van der Waals surface area (Å²) in [5.74, 6) is 0. The number of hydrogen-bond acceptors (Lipinski definition) is 4. The van der Waals surface area contributed by atoms with Crippen LogP contribution in [0.2, 0.25) is 0 Å². The molecule has 0 saturated heterocycles. The van der Waals surface area contributed by atoms with Crippen molar-refractivity contribution in [1.82, 2.24) is 10.2 Å². The van der Waals surface area contributed by atoms with Crippen molar-refractivity contribution in [2.45, 2.75) is 6.92 Å². The van der Waals surface area contributed by atoms with Crippen LogP contribution >= 0.6 is 0 Å². The van der Waals surface area contributed by atoms with E-state index in [1.54, 1.807) is 33.2 Å². The molecule has 19 heavy (non-hydrogen) atoms. The van der Waals surface area contributed by atoms with Crippen LogP contribution in [0.25, 0.3) is 0 Å². The molecule has 1 aromatic rings. The minimum Gasteiger partial charge on any atom is -0.383 e. The van der Waals surface area contributed by atoms with Crippen LogP contribution in [-0.4, -0.2) is 43.0 Å². The molecule has 104 valence electrons. The summed E-state index contributed by atoms with van der Waals surface area (Å²) in [6, 6.07) is 4.68. The zero-order chi connectivity index (χ0) is 14.4. The molecule has 0 aliphatic carbocycles. The van der Waals surface area contributed by atoms with E-state index in [1.165, 1.54) is 11.0 Å². The predicted octanol–water partition coefficient (Wildman–Crippen LogP) is 1.59. The molecule has 2 N–H and O–H groups in total. The molecule has 0 radical (unpaired) electrons. The fourth-order valence-electron chi connectivity index (χ4n) is 1.50. The number of nitro groups is 1. The van der Waals surface area contributed by atoms with Gasteiger partial charge in [-0.1, -0.05) is 0 Å². The number of nitro benzene ring substituents is 1. The number of anilines is 1. The van der Waals surface area contributed by atoms with E-state index in [0.717, 1.165) is 5.69 Å². The zero-order valence-corrected chi connectivity index (χ0v) is 11.3. The minimum atomic E-state index is -0.406. The second-order valence-electron chi connectivity index (χ2n) is 4.31. The van der Waals surface area contributed by atoms with Crippen molar-refractivity contribution in [3.8, 4) is 0 Å². The van der Waals surface area contributed by atoms with Gasteiger partial charge in [0.1, 0.15) is 0 Å². The van der Waals surface area contributed by atoms with E-state index in [2.05, 4.69) is 10.6 Å². The molecule has 7 heteroatoms. The number of nitrogens with one attached hydrogen (secondary N) is 2. The van der Waals surface area contributed by atoms with Gasteiger partial charge in [-0.3, -0.25) is 10.1 Å². The summed E-state index contributed by atoms with van der Waals surface area (Å²) >= 11 is 0. The number of hydrogen-bond donors (Lipinski definition) is 2. The molecule has 0 bridgehead atoms. The summed E-state index contributed by atoms with van der Waals surface area (Å²) in [6.07, 6.45) is 0. The Morgan fingerprint density at radius 3 is 2.58 bits per heavy atom. The molecule has 2 amide bonds. The number of benzene rings is 1. The number of nitrogens with zero attached hydrogens (tertiary/aromatic N) is 2. The third-order valence-electron chi connectivity index (χ3n) is 2.53. The summed E-state index contributed by atoms with van der Waals surface area (Å²) in [7, 11) is 3.34. The van der Waals surface area contributed by atoms with Gasteiger partial charge < -0.3 is 15.5 Å². The maximum Gasteiger partial charge on any atom is 0.316 e. The molecule has 1 aromatic carbocycles. The highest BCUT2D eigenvalue weighted by Gasteiger charge is 2.09. The second kappa shape index (κ2) is 6.58. The van der Waals surface area contributed by atoms with Crippen LogP contribution in [0.4, 0.5) is 16.2 Å². The standard InChI is InChI=1S/C12H18N4O3/c1-9-8-10(4-5-11(9)16(18)19)13-6-7-14-12(17)15(2)3/h4-5,8,13H,6-7H2,1-3H3,(H,14,17). The SMILES string of the molecule is Cc1cc(NCCNC(=O)N(C)C)ccc1[N+](=O)[O-]. The first-order valence-corrected chi connectivity index (χ1v) is 5.86. The Hall–Kier alpha value is -2.31. The van der Waals surface area contributed by atoms with Gasteiger partial charge in [0.2, 0.25) is 0 Å². The van der Waals surface area contributed by atoms with Crippen LogP contribution in [0.1, 0.15) is 5.56 Å². The van der Waals surface area contributed by atoms with E-state index in [-0.39, 0.29) is 11.7 Å². The number of rotatable bonds is 5. The first-order chi connectivity index (χ1) is 8.91. The van der Waals surface area contributed by atoms with Crippen LogP contribution in [-0.2, 0) is 0 Å². The molecular weight excluding hydrogens is 248 g/mol. The summed E-state index contributed by atoms with van der Waals surface area (Å²) < 4.78 is 0. The van der Waals surface area contributed by atoms with Crippen molar-refractivity contribution in [1.29, 1.82) is 0 Å². The number of amides is 2. The molecule has 0 aliphatic heterocycles. The lowest BCUT2D eigenvalue weighted by atomic mass is 10.2. The lowest BCUT2D eigenvalue weighted by Crippen LogP contribution is -2.37. The smallest absolute Gasteiger partial charge is 0.316 e. The molecule has 0 unspecified atom stereocenters. The lowest BCUT2D eigenvalue weighted by Gasteiger charge is -2.12. The van der Waals surface area contributed by atoms with Gasteiger partial charge in [-0.15, -0.1) is 0 Å². The Kier molecular flexibility index (Phi) is 5.11. The second-order valence-corrected chi connectivity index (χ2v) is 4.31. The fraction of sp³-hybridized carbons (Fsp3) is 0.417. The van der Waals surface area contributed by atoms with E-state index in [9.17, 15) is 14.9 Å². The Morgan fingerprint density at radius 1 is 1.37 bits per heavy atom. The van der Waals surface area contributed by atoms with Gasteiger partial charge in [-0.2, -0.15) is 0 Å². The van der Waals surface area contributed by atoms with E-state index < -0.39 is 4.92 Å². The molecule has 0 atom stereocenters. The number of carbonyl (C=O) groups excluding carboxylic acids is 1. The highest BCUT2D eigenvalue weighted by Crippen LogP contribution is 2.21. The Bertz CT molecular complexity index is 474. The molecule has 0 fully saturated rings. The highest BCUT2D eigenvalue weighted by atomic mass is 16.6. The van der Waals surface area contributed by atoms with Crippen molar-refractivity contribution in [2.24, 2.45) is 0 Å². The Morgan fingerprint density at radius 2 is 2.05 bits per heavy atom. The van der Waals surface area contributed by atoms with Gasteiger partial charge >= 0.3 is 6.03 Å². The van der Waals surface area contributed by atoms with Gasteiger partial charge in [0.25, 0.3) is 5.69 Å². The molecule has 7 nitrogen and oxygen atoms in total. The quantitative estimate of drug-likeness (QED) is 0.481. The topological polar surface area (TPSA) is 87.5 Å². The van der Waals surface area contributed by atoms with Crippen molar-refractivity contribution in [3.05, 3.63) is 33.9 Å². The van der Waals surface area contributed by atoms with E-state index in [1.807, 2.05) is 0 Å². The average molecular weight is 266 g/mol. The third-order valence-corrected chi connectivity index (χ3v) is 2.53. The van der Waals surface area contributed by atoms with Crippen LogP contribution in [0.5, 0.6) is 0 Å². The number of carbonyl (C=O) groups is 1. The van der Waals surface area contributed by atoms with Gasteiger partial charge in [0, 0.05) is 44.5 Å². The van der Waals surface area contributed by atoms with Crippen molar-refractivity contribution < 1.29 is 9.72 Å². The number of urea groups is 1. The largest absolute Gasteiger partial charge is 0.383 e. The van der Waals surface area contributed by atoms with Crippen LogP contribution in [0, 0.1) is 17.0 Å². The lowest BCUT2D eigenvalue weighted by molar-refractivity contribution is -0.385. The van der Waals surface area contributed by atoms with Gasteiger partial charge in [0.15, 0.2) is 0 Å². The predicted molar refractivity (Wildman–Crippen MR) is 73.4 cm³/mol. The number of aryl methyl sites for hydroxylation is 1. The van der Waals surface area contributed by atoms with Crippen molar-refractivity contribution >= 4 is 17.4 Å². The third kappa shape index (κ3) is 4.46. The van der Waals surface area contributed by atoms with Gasteiger partial charge in [0.05, 0.1) is 4.92 Å². The Balaban J connectivity index is 2.44. The average Bonchev–Trinajstić information content (AvgIpc) is 2.33. The van der Waals surface area contributed by atoms with E-state index >= 15 is 0 Å². The van der Waals surface area contributed by atoms with Crippen LogP contribution < -0.4 is 10.6 Å². The van der Waals surface area contributed by atoms with Crippen molar-refractivity contribution in [3.63, 3.8) is 0 Å². The van der Waals surface area contributed by atoms with E-state index in [4.69, 9.17) is 0 Å². The maximum absolute atomic E-state index is 11.2. The molecule has 1 rings (SSSR count). The summed E-state index contributed by atoms with van der Waals surface area (Å²) in [4.78, 5) is 23.0. The summed E-state index contributed by atoms with van der Waals surface area (Å²) in [6.45, 7) is 2.72. The first kappa shape index (κ1) is 14.7. The molecule has 0 heterocycles. The maximum atomic E-state index is 11.2. The highest BCUT2D eigenvalue weighted by molar-refractivity contribution is 5.73. The molecule has 0 aromatic heterocycles. The van der Waals surface area contributed by atoms with Crippen LogP contribution in [0.3, 0.4) is 0 Å². The molecule has 0 saturated carbocycles. The molecule has 0 aliphatic rings. The molecule has 0 spiro atoms. The van der Waals surface area contributed by atoms with E-state index in [0.29, 0.717) is 18.7 Å². The zero-order valence-electron chi connectivity index (χ0n) is 11.3. The first-order valence-electron chi connectivity index (χ1n) is 5.86. The van der Waals surface area contributed by atoms with Crippen LogP contribution in [0.15, 0.2) is 18.2 Å². The summed E-state index contributed by atoms with van der Waals surface area (Å²) in [5, 5.41) is 16.5. The summed E-state index contributed by atoms with van der Waals surface area (Å²) in [5.41, 5.74) is 1.50. The molecular formula is C12H18N4O3. The minimum absolute atomic E-state index is 0.103. The van der Waals surface area contributed by atoms with Crippen molar-refractivity contribution in [2.75, 3.05) is 32.5 Å². The fourth-order valence-corrected chi connectivity index (χ4v) is 1.50. The van der Waals surface area contributed by atoms with Gasteiger partial charge in [-0.25, -0.2) is 4.79 Å².